The number of unbranched alkanes of at least 4 members (excludes halogenated alkanes) is 2. The van der Waals surface area contributed by atoms with Crippen molar-refractivity contribution in [2.45, 2.75) is 74.5 Å². The Morgan fingerprint density at radius 3 is 2.68 bits per heavy atom. The lowest BCUT2D eigenvalue weighted by Crippen LogP contribution is -2.56. The SMILES string of the molecule is CCCCCNC(=O)C1N([C@@H](CC)CO)C(=O)[C@@H]2[C@@H](C(=O)NC)[C@H]3CCC12S3. The molecule has 0 aliphatic carbocycles. The van der Waals surface area contributed by atoms with Crippen LogP contribution >= 0.6 is 11.8 Å². The number of fused-ring (bicyclic) bond motifs is 1. The lowest BCUT2D eigenvalue weighted by atomic mass is 9.71. The van der Waals surface area contributed by atoms with Crippen molar-refractivity contribution in [1.29, 1.82) is 0 Å². The Bertz CT molecular complexity index is 627. The van der Waals surface area contributed by atoms with Crippen molar-refractivity contribution in [2.24, 2.45) is 11.8 Å². The smallest absolute Gasteiger partial charge is 0.244 e. The van der Waals surface area contributed by atoms with Crippen LogP contribution < -0.4 is 10.6 Å². The Hall–Kier alpha value is -1.28. The zero-order valence-corrected chi connectivity index (χ0v) is 17.9. The number of nitrogens with one attached hydrogen (secondary N) is 2. The first-order chi connectivity index (χ1) is 13.5. The zero-order valence-electron chi connectivity index (χ0n) is 17.1. The molecule has 3 aliphatic rings. The molecule has 158 valence electrons. The predicted octanol–water partition coefficient (Wildman–Crippen LogP) is 0.901. The summed E-state index contributed by atoms with van der Waals surface area (Å²) >= 11 is 1.66. The van der Waals surface area contributed by atoms with Gasteiger partial charge in [-0.1, -0.05) is 26.7 Å². The summed E-state index contributed by atoms with van der Waals surface area (Å²) in [6, 6.07) is -1.02. The van der Waals surface area contributed by atoms with Crippen molar-refractivity contribution in [1.82, 2.24) is 15.5 Å². The van der Waals surface area contributed by atoms with Gasteiger partial charge in [-0.3, -0.25) is 14.4 Å². The zero-order chi connectivity index (χ0) is 20.5. The summed E-state index contributed by atoms with van der Waals surface area (Å²) in [4.78, 5) is 41.0. The second-order valence-electron chi connectivity index (χ2n) is 8.16. The normalized spacial score (nSPS) is 34.4. The summed E-state index contributed by atoms with van der Waals surface area (Å²) < 4.78 is -0.559. The fourth-order valence-corrected chi connectivity index (χ4v) is 7.55. The van der Waals surface area contributed by atoms with Crippen LogP contribution in [-0.4, -0.2) is 70.0 Å². The molecule has 3 aliphatic heterocycles. The highest BCUT2D eigenvalue weighted by molar-refractivity contribution is 8.02. The number of carbonyl (C=O) groups excluding carboxylic acids is 3. The van der Waals surface area contributed by atoms with E-state index in [1.165, 1.54) is 0 Å². The molecule has 2 bridgehead atoms. The van der Waals surface area contributed by atoms with Crippen LogP contribution in [-0.2, 0) is 14.4 Å². The quantitative estimate of drug-likeness (QED) is 0.490. The Balaban J connectivity index is 1.93. The summed E-state index contributed by atoms with van der Waals surface area (Å²) in [7, 11) is 1.60. The molecule has 3 rings (SSSR count). The standard InChI is InChI=1S/C20H33N3O4S/c1-4-6-7-10-22-18(26)16-20-9-8-13(28-20)14(17(25)21-3)15(20)19(27)23(16)12(5-2)11-24/h12-16,24H,4-11H2,1-3H3,(H,21,25)(H,22,26)/t12-,13+,14-,15-,16?,20?/m0/s1. The molecule has 2 unspecified atom stereocenters. The predicted molar refractivity (Wildman–Crippen MR) is 109 cm³/mol. The van der Waals surface area contributed by atoms with E-state index in [0.29, 0.717) is 13.0 Å². The van der Waals surface area contributed by atoms with Gasteiger partial charge >= 0.3 is 0 Å². The Morgan fingerprint density at radius 2 is 2.07 bits per heavy atom. The van der Waals surface area contributed by atoms with Crippen molar-refractivity contribution in [3.63, 3.8) is 0 Å². The minimum atomic E-state index is -0.617. The summed E-state index contributed by atoms with van der Waals surface area (Å²) in [6.45, 7) is 4.44. The highest BCUT2D eigenvalue weighted by Crippen LogP contribution is 2.66. The van der Waals surface area contributed by atoms with E-state index in [1.807, 2.05) is 6.92 Å². The fraction of sp³-hybridized carbons (Fsp3) is 0.850. The van der Waals surface area contributed by atoms with Gasteiger partial charge in [-0.25, -0.2) is 0 Å². The van der Waals surface area contributed by atoms with Crippen molar-refractivity contribution < 1.29 is 19.5 Å². The van der Waals surface area contributed by atoms with E-state index >= 15 is 0 Å². The van der Waals surface area contributed by atoms with Gasteiger partial charge in [0.1, 0.15) is 6.04 Å². The summed E-state index contributed by atoms with van der Waals surface area (Å²) in [6.07, 6.45) is 5.21. The second kappa shape index (κ2) is 8.61. The molecule has 0 aromatic carbocycles. The highest BCUT2D eigenvalue weighted by atomic mass is 32.2. The third-order valence-electron chi connectivity index (χ3n) is 6.69. The fourth-order valence-electron chi connectivity index (χ4n) is 5.35. The van der Waals surface area contributed by atoms with Crippen LogP contribution in [0.2, 0.25) is 0 Å². The van der Waals surface area contributed by atoms with Crippen LogP contribution in [0.1, 0.15) is 52.4 Å². The molecule has 6 atom stereocenters. The Labute approximate surface area is 171 Å². The summed E-state index contributed by atoms with van der Waals surface area (Å²) in [5, 5.41) is 15.7. The first-order valence-corrected chi connectivity index (χ1v) is 11.4. The van der Waals surface area contributed by atoms with E-state index in [2.05, 4.69) is 17.6 Å². The van der Waals surface area contributed by atoms with E-state index in [9.17, 15) is 19.5 Å². The third kappa shape index (κ3) is 3.22. The van der Waals surface area contributed by atoms with E-state index < -0.39 is 28.7 Å². The minimum Gasteiger partial charge on any atom is -0.394 e. The Morgan fingerprint density at radius 1 is 1.32 bits per heavy atom. The van der Waals surface area contributed by atoms with Crippen LogP contribution in [0.3, 0.4) is 0 Å². The monoisotopic (exact) mass is 411 g/mol. The van der Waals surface area contributed by atoms with Gasteiger partial charge in [0.2, 0.25) is 17.7 Å². The summed E-state index contributed by atoms with van der Waals surface area (Å²) in [5.74, 6) is -1.27. The number of aliphatic hydroxyl groups excluding tert-OH is 1. The molecule has 7 nitrogen and oxygen atoms in total. The van der Waals surface area contributed by atoms with Gasteiger partial charge in [0.05, 0.1) is 29.2 Å². The van der Waals surface area contributed by atoms with Gasteiger partial charge < -0.3 is 20.6 Å². The van der Waals surface area contributed by atoms with Crippen molar-refractivity contribution in [3.05, 3.63) is 0 Å². The van der Waals surface area contributed by atoms with Crippen LogP contribution in [0, 0.1) is 11.8 Å². The van der Waals surface area contributed by atoms with Crippen LogP contribution in [0.25, 0.3) is 0 Å². The number of thioether (sulfide) groups is 1. The van der Waals surface area contributed by atoms with Gasteiger partial charge in [-0.05, 0) is 25.7 Å². The van der Waals surface area contributed by atoms with Gasteiger partial charge in [0.25, 0.3) is 0 Å². The number of hydrogen-bond acceptors (Lipinski definition) is 5. The van der Waals surface area contributed by atoms with E-state index in [0.717, 1.165) is 32.1 Å². The molecule has 3 fully saturated rings. The molecule has 0 saturated carbocycles. The molecule has 3 heterocycles. The van der Waals surface area contributed by atoms with Crippen molar-refractivity contribution in [2.75, 3.05) is 20.2 Å². The summed E-state index contributed by atoms with van der Waals surface area (Å²) in [5.41, 5.74) is 0. The molecule has 0 aromatic heterocycles. The van der Waals surface area contributed by atoms with E-state index in [-0.39, 0.29) is 29.6 Å². The van der Waals surface area contributed by atoms with Crippen molar-refractivity contribution in [3.8, 4) is 0 Å². The maximum absolute atomic E-state index is 13.5. The number of hydrogen-bond donors (Lipinski definition) is 3. The van der Waals surface area contributed by atoms with Gasteiger partial charge in [-0.15, -0.1) is 11.8 Å². The third-order valence-corrected chi connectivity index (χ3v) is 8.64. The van der Waals surface area contributed by atoms with Crippen molar-refractivity contribution >= 4 is 29.5 Å². The lowest BCUT2D eigenvalue weighted by molar-refractivity contribution is -0.142. The molecule has 0 aromatic rings. The van der Waals surface area contributed by atoms with Crippen LogP contribution in [0.15, 0.2) is 0 Å². The molecule has 3 saturated heterocycles. The van der Waals surface area contributed by atoms with Crippen LogP contribution in [0.4, 0.5) is 0 Å². The van der Waals surface area contributed by atoms with Gasteiger partial charge in [-0.2, -0.15) is 0 Å². The average Bonchev–Trinajstić information content (AvgIpc) is 3.33. The maximum Gasteiger partial charge on any atom is 0.244 e. The topological polar surface area (TPSA) is 98.7 Å². The number of nitrogens with zero attached hydrogens (tertiary/aromatic N) is 1. The van der Waals surface area contributed by atoms with E-state index in [4.69, 9.17) is 0 Å². The van der Waals surface area contributed by atoms with Crippen LogP contribution in [0.5, 0.6) is 0 Å². The minimum absolute atomic E-state index is 0.0839. The number of amides is 3. The first-order valence-electron chi connectivity index (χ1n) is 10.6. The molecule has 8 heteroatoms. The van der Waals surface area contributed by atoms with E-state index in [1.54, 1.807) is 23.7 Å². The molecule has 28 heavy (non-hydrogen) atoms. The number of aliphatic hydroxyl groups is 1. The second-order valence-corrected chi connectivity index (χ2v) is 9.76. The largest absolute Gasteiger partial charge is 0.394 e. The first kappa shape index (κ1) is 21.4. The Kier molecular flexibility index (Phi) is 6.59. The molecule has 3 N–H and O–H groups in total. The van der Waals surface area contributed by atoms with Gasteiger partial charge in [0, 0.05) is 18.8 Å². The highest BCUT2D eigenvalue weighted by Gasteiger charge is 2.74. The molecular weight excluding hydrogens is 378 g/mol. The van der Waals surface area contributed by atoms with Gasteiger partial charge in [0.15, 0.2) is 0 Å². The average molecular weight is 412 g/mol. The lowest BCUT2D eigenvalue weighted by Gasteiger charge is -2.36. The molecule has 0 radical (unpaired) electrons. The number of likely N-dealkylation sites (tertiary alicyclic amines) is 1. The number of carbonyl (C=O) groups is 3. The maximum atomic E-state index is 13.5. The molecular formula is C20H33N3O4S. The number of rotatable bonds is 9. The molecule has 3 amide bonds. The molecule has 1 spiro atoms.